The highest BCUT2D eigenvalue weighted by Gasteiger charge is 2.33. The van der Waals surface area contributed by atoms with Crippen molar-refractivity contribution >= 4 is 5.91 Å². The fourth-order valence-electron chi connectivity index (χ4n) is 2.36. The SMILES string of the molecule is COC1=C(C)C(=O)N([C@H](CO)c2ccc(OC)cc2)C1. The highest BCUT2D eigenvalue weighted by Crippen LogP contribution is 2.29. The van der Waals surface area contributed by atoms with Crippen molar-refractivity contribution in [1.29, 1.82) is 0 Å². The van der Waals surface area contributed by atoms with Gasteiger partial charge >= 0.3 is 0 Å². The minimum atomic E-state index is -0.379. The number of amides is 1. The summed E-state index contributed by atoms with van der Waals surface area (Å²) in [6.45, 7) is 1.99. The molecule has 1 heterocycles. The molecule has 0 saturated carbocycles. The summed E-state index contributed by atoms with van der Waals surface area (Å²) in [5.74, 6) is 1.30. The first kappa shape index (κ1) is 14.4. The molecule has 5 nitrogen and oxygen atoms in total. The molecule has 0 aliphatic carbocycles. The highest BCUT2D eigenvalue weighted by molar-refractivity contribution is 5.96. The molecule has 0 aromatic heterocycles. The molecule has 1 N–H and O–H groups in total. The van der Waals surface area contributed by atoms with Crippen LogP contribution in [0.5, 0.6) is 5.75 Å². The van der Waals surface area contributed by atoms with Crippen LogP contribution in [-0.4, -0.2) is 43.3 Å². The van der Waals surface area contributed by atoms with Crippen LogP contribution in [0.15, 0.2) is 35.6 Å². The number of nitrogens with zero attached hydrogens (tertiary/aromatic N) is 1. The van der Waals surface area contributed by atoms with E-state index in [1.54, 1.807) is 26.0 Å². The number of ether oxygens (including phenoxy) is 2. The number of carbonyl (C=O) groups is 1. The van der Waals surface area contributed by atoms with Gasteiger partial charge in [0.15, 0.2) is 0 Å². The summed E-state index contributed by atoms with van der Waals surface area (Å²) < 4.78 is 10.3. The van der Waals surface area contributed by atoms with Crippen molar-refractivity contribution in [3.63, 3.8) is 0 Å². The Bertz CT molecular complexity index is 521. The van der Waals surface area contributed by atoms with Crippen molar-refractivity contribution in [3.05, 3.63) is 41.2 Å². The maximum absolute atomic E-state index is 12.2. The van der Waals surface area contributed by atoms with Crippen LogP contribution in [0.25, 0.3) is 0 Å². The maximum Gasteiger partial charge on any atom is 0.253 e. The highest BCUT2D eigenvalue weighted by atomic mass is 16.5. The fraction of sp³-hybridized carbons (Fsp3) is 0.400. The van der Waals surface area contributed by atoms with Gasteiger partial charge < -0.3 is 19.5 Å². The first-order valence-corrected chi connectivity index (χ1v) is 6.41. The maximum atomic E-state index is 12.2. The third-order valence-corrected chi connectivity index (χ3v) is 3.61. The predicted molar refractivity (Wildman–Crippen MR) is 74.2 cm³/mol. The molecule has 0 spiro atoms. The topological polar surface area (TPSA) is 59.0 Å². The molecule has 0 radical (unpaired) electrons. The van der Waals surface area contributed by atoms with Crippen molar-refractivity contribution in [2.45, 2.75) is 13.0 Å². The molecule has 0 bridgehead atoms. The van der Waals surface area contributed by atoms with Gasteiger partial charge in [0.1, 0.15) is 11.5 Å². The molecular weight excluding hydrogens is 258 g/mol. The van der Waals surface area contributed by atoms with E-state index in [1.165, 1.54) is 0 Å². The van der Waals surface area contributed by atoms with E-state index >= 15 is 0 Å². The number of hydrogen-bond donors (Lipinski definition) is 1. The number of carbonyl (C=O) groups excluding carboxylic acids is 1. The lowest BCUT2D eigenvalue weighted by molar-refractivity contribution is -0.128. The zero-order valence-electron chi connectivity index (χ0n) is 11.9. The number of aliphatic hydroxyl groups is 1. The summed E-state index contributed by atoms with van der Waals surface area (Å²) in [5, 5.41) is 9.64. The Morgan fingerprint density at radius 3 is 2.35 bits per heavy atom. The molecule has 1 aromatic carbocycles. The second-order valence-electron chi connectivity index (χ2n) is 4.66. The molecule has 1 aliphatic rings. The first-order chi connectivity index (χ1) is 9.62. The molecule has 20 heavy (non-hydrogen) atoms. The second-order valence-corrected chi connectivity index (χ2v) is 4.66. The average molecular weight is 277 g/mol. The largest absolute Gasteiger partial charge is 0.499 e. The Hall–Kier alpha value is -2.01. The molecule has 0 unspecified atom stereocenters. The van der Waals surface area contributed by atoms with E-state index in [4.69, 9.17) is 9.47 Å². The van der Waals surface area contributed by atoms with E-state index in [-0.39, 0.29) is 18.6 Å². The molecule has 0 fully saturated rings. The lowest BCUT2D eigenvalue weighted by atomic mass is 10.1. The molecule has 1 atom stereocenters. The number of benzene rings is 1. The molecule has 1 amide bonds. The van der Waals surface area contributed by atoms with E-state index in [9.17, 15) is 9.90 Å². The third kappa shape index (κ3) is 2.49. The van der Waals surface area contributed by atoms with E-state index < -0.39 is 0 Å². The lowest BCUT2D eigenvalue weighted by Gasteiger charge is -2.27. The van der Waals surface area contributed by atoms with Crippen LogP contribution in [0.3, 0.4) is 0 Å². The zero-order chi connectivity index (χ0) is 14.7. The molecular formula is C15H19NO4. The number of methoxy groups -OCH3 is 2. The Labute approximate surface area is 118 Å². The third-order valence-electron chi connectivity index (χ3n) is 3.61. The van der Waals surface area contributed by atoms with Gasteiger partial charge in [0, 0.05) is 0 Å². The molecule has 1 aromatic rings. The van der Waals surface area contributed by atoms with Crippen LogP contribution >= 0.6 is 0 Å². The zero-order valence-corrected chi connectivity index (χ0v) is 11.9. The van der Waals surface area contributed by atoms with Crippen LogP contribution in [-0.2, 0) is 9.53 Å². The average Bonchev–Trinajstić information content (AvgIpc) is 2.77. The second kappa shape index (κ2) is 5.96. The minimum Gasteiger partial charge on any atom is -0.499 e. The van der Waals surface area contributed by atoms with Gasteiger partial charge in [-0.3, -0.25) is 4.79 Å². The summed E-state index contributed by atoms with van der Waals surface area (Å²) in [7, 11) is 3.15. The minimum absolute atomic E-state index is 0.100. The van der Waals surface area contributed by atoms with Crippen LogP contribution in [0.2, 0.25) is 0 Å². The van der Waals surface area contributed by atoms with Gasteiger partial charge in [-0.15, -0.1) is 0 Å². The number of hydrogen-bond acceptors (Lipinski definition) is 4. The van der Waals surface area contributed by atoms with Gasteiger partial charge in [0.2, 0.25) is 0 Å². The lowest BCUT2D eigenvalue weighted by Crippen LogP contribution is -2.33. The fourth-order valence-corrected chi connectivity index (χ4v) is 2.36. The smallest absolute Gasteiger partial charge is 0.253 e. The van der Waals surface area contributed by atoms with Crippen molar-refractivity contribution in [2.75, 3.05) is 27.4 Å². The van der Waals surface area contributed by atoms with E-state index in [0.717, 1.165) is 11.3 Å². The Kier molecular flexibility index (Phi) is 4.29. The summed E-state index contributed by atoms with van der Waals surface area (Å²) in [6, 6.07) is 6.96. The van der Waals surface area contributed by atoms with Crippen LogP contribution in [0.4, 0.5) is 0 Å². The summed E-state index contributed by atoms with van der Waals surface area (Å²) in [6.07, 6.45) is 0. The Morgan fingerprint density at radius 2 is 1.90 bits per heavy atom. The van der Waals surface area contributed by atoms with Gasteiger partial charge in [-0.05, 0) is 24.6 Å². The molecule has 108 valence electrons. The van der Waals surface area contributed by atoms with E-state index in [2.05, 4.69) is 0 Å². The van der Waals surface area contributed by atoms with Gasteiger partial charge in [-0.1, -0.05) is 12.1 Å². The predicted octanol–water partition coefficient (Wildman–Crippen LogP) is 1.49. The Balaban J connectivity index is 2.23. The molecule has 0 saturated heterocycles. The van der Waals surface area contributed by atoms with Crippen molar-refractivity contribution in [1.82, 2.24) is 4.90 Å². The summed E-state index contributed by atoms with van der Waals surface area (Å²) >= 11 is 0. The van der Waals surface area contributed by atoms with Gasteiger partial charge in [-0.2, -0.15) is 0 Å². The molecule has 2 rings (SSSR count). The number of aliphatic hydroxyl groups excluding tert-OH is 1. The molecule has 5 heteroatoms. The van der Waals surface area contributed by atoms with E-state index in [1.807, 2.05) is 24.3 Å². The van der Waals surface area contributed by atoms with Crippen molar-refractivity contribution < 1.29 is 19.4 Å². The summed E-state index contributed by atoms with van der Waals surface area (Å²) in [5.41, 5.74) is 1.46. The van der Waals surface area contributed by atoms with Crippen LogP contribution in [0.1, 0.15) is 18.5 Å². The van der Waals surface area contributed by atoms with E-state index in [0.29, 0.717) is 17.9 Å². The van der Waals surface area contributed by atoms with Crippen molar-refractivity contribution in [2.24, 2.45) is 0 Å². The van der Waals surface area contributed by atoms with Gasteiger partial charge in [-0.25, -0.2) is 0 Å². The quantitative estimate of drug-likeness (QED) is 0.886. The first-order valence-electron chi connectivity index (χ1n) is 6.41. The summed E-state index contributed by atoms with van der Waals surface area (Å²) in [4.78, 5) is 13.8. The van der Waals surface area contributed by atoms with Gasteiger partial charge in [0.25, 0.3) is 5.91 Å². The Morgan fingerprint density at radius 1 is 1.25 bits per heavy atom. The monoisotopic (exact) mass is 277 g/mol. The van der Waals surface area contributed by atoms with Crippen LogP contribution < -0.4 is 4.74 Å². The molecule has 1 aliphatic heterocycles. The van der Waals surface area contributed by atoms with Crippen LogP contribution in [0, 0.1) is 0 Å². The van der Waals surface area contributed by atoms with Gasteiger partial charge in [0.05, 0.1) is 39.0 Å². The normalized spacial score (nSPS) is 16.6. The standard InChI is InChI=1S/C15H19NO4/c1-10-14(20-3)8-16(15(10)18)13(9-17)11-4-6-12(19-2)7-5-11/h4-7,13,17H,8-9H2,1-3H3/t13-/m1/s1. The number of rotatable bonds is 5. The van der Waals surface area contributed by atoms with Crippen molar-refractivity contribution in [3.8, 4) is 5.75 Å².